The van der Waals surface area contributed by atoms with E-state index < -0.39 is 36.6 Å². The highest BCUT2D eigenvalue weighted by Gasteiger charge is 2.53. The Balaban J connectivity index is 2.39. The van der Waals surface area contributed by atoms with E-state index >= 15 is 0 Å². The molecule has 0 spiro atoms. The Morgan fingerprint density at radius 3 is 2.27 bits per heavy atom. The lowest BCUT2D eigenvalue weighted by Crippen LogP contribution is -2.41. The molecule has 0 atom stereocenters. The molecule has 1 fully saturated rings. The van der Waals surface area contributed by atoms with Crippen molar-refractivity contribution in [3.63, 3.8) is 0 Å². The molecule has 1 aromatic rings. The zero-order valence-corrected chi connectivity index (χ0v) is 15.1. The lowest BCUT2D eigenvalue weighted by Gasteiger charge is -2.32. The van der Waals surface area contributed by atoms with Crippen molar-refractivity contribution in [1.29, 1.82) is 0 Å². The average molecular weight is 372 g/mol. The van der Waals surface area contributed by atoms with Crippen LogP contribution in [0, 0.1) is 0 Å². The highest BCUT2D eigenvalue weighted by Crippen LogP contribution is 2.39. The number of esters is 1. The average Bonchev–Trinajstić information content (AvgIpc) is 2.76. The predicted octanol–water partition coefficient (Wildman–Crippen LogP) is 4.02. The first kappa shape index (κ1) is 20.3. The maximum absolute atomic E-state index is 14.7. The van der Waals surface area contributed by atoms with Crippen LogP contribution >= 0.6 is 0 Å². The van der Waals surface area contributed by atoms with Gasteiger partial charge in [0.2, 0.25) is 0 Å². The summed E-state index contributed by atoms with van der Waals surface area (Å²) in [5, 5.41) is 0. The first-order valence-electron chi connectivity index (χ1n) is 7.87. The molecule has 0 saturated carbocycles. The fraction of sp³-hybridized carbons (Fsp3) is 0.471. The molecule has 2 rings (SSSR count). The van der Waals surface area contributed by atoms with Crippen LogP contribution in [0.25, 0.3) is 6.08 Å². The normalized spacial score (nSPS) is 19.0. The molecule has 0 radical (unpaired) electrons. The summed E-state index contributed by atoms with van der Waals surface area (Å²) < 4.78 is 59.9. The minimum absolute atomic E-state index is 0.0575. The Hall–Kier alpha value is -2.00. The molecule has 0 bridgehead atoms. The van der Waals surface area contributed by atoms with Gasteiger partial charge in [-0.2, -0.15) is 8.78 Å². The fourth-order valence-corrected chi connectivity index (χ4v) is 2.28. The number of alkyl halides is 2. The quantitative estimate of drug-likeness (QED) is 0.577. The van der Waals surface area contributed by atoms with Crippen molar-refractivity contribution in [1.82, 2.24) is 0 Å². The van der Waals surface area contributed by atoms with Crippen LogP contribution in [-0.4, -0.2) is 38.0 Å². The van der Waals surface area contributed by atoms with Gasteiger partial charge in [0.1, 0.15) is 11.5 Å². The van der Waals surface area contributed by atoms with E-state index in [0.29, 0.717) is 0 Å². The molecular weight excluding hydrogens is 352 g/mol. The standard InChI is InChI=1S/C17H20BF3O5/c1-16(2)17(3,4)26-18(25-16)13(19)9-11-8-10(14(22)23-5)6-7-12(11)24-15(20)21/h6-9,15H,1-5H3/b13-9-. The van der Waals surface area contributed by atoms with Crippen molar-refractivity contribution in [3.05, 3.63) is 35.1 Å². The van der Waals surface area contributed by atoms with E-state index in [1.54, 1.807) is 27.7 Å². The van der Waals surface area contributed by atoms with Crippen molar-refractivity contribution in [2.45, 2.75) is 45.5 Å². The number of methoxy groups -OCH3 is 1. The van der Waals surface area contributed by atoms with Crippen LogP contribution in [-0.2, 0) is 14.0 Å². The second-order valence-corrected chi connectivity index (χ2v) is 6.74. The van der Waals surface area contributed by atoms with Crippen LogP contribution in [0.2, 0.25) is 0 Å². The summed E-state index contributed by atoms with van der Waals surface area (Å²) >= 11 is 0. The van der Waals surface area contributed by atoms with Crippen molar-refractivity contribution >= 4 is 19.2 Å². The second kappa shape index (κ2) is 7.32. The molecule has 0 N–H and O–H groups in total. The number of carbonyl (C=O) groups excluding carboxylic acids is 1. The number of halogens is 3. The maximum Gasteiger partial charge on any atom is 0.525 e. The molecule has 0 aromatic heterocycles. The minimum atomic E-state index is -3.11. The van der Waals surface area contributed by atoms with Crippen LogP contribution in [0.5, 0.6) is 5.75 Å². The zero-order chi connectivity index (χ0) is 19.7. The van der Waals surface area contributed by atoms with E-state index in [1.165, 1.54) is 19.2 Å². The predicted molar refractivity (Wildman–Crippen MR) is 89.6 cm³/mol. The maximum atomic E-state index is 14.7. The van der Waals surface area contributed by atoms with Gasteiger partial charge in [-0.3, -0.25) is 0 Å². The third-order valence-electron chi connectivity index (χ3n) is 4.42. The lowest BCUT2D eigenvalue weighted by atomic mass is 9.86. The summed E-state index contributed by atoms with van der Waals surface area (Å²) in [7, 11) is -0.131. The molecule has 0 amide bonds. The van der Waals surface area contributed by atoms with Crippen molar-refractivity contribution < 1.29 is 36.7 Å². The number of benzene rings is 1. The molecule has 1 aromatic carbocycles. The van der Waals surface area contributed by atoms with E-state index in [2.05, 4.69) is 9.47 Å². The molecule has 5 nitrogen and oxygen atoms in total. The van der Waals surface area contributed by atoms with E-state index in [-0.39, 0.29) is 16.9 Å². The van der Waals surface area contributed by atoms with Gasteiger partial charge >= 0.3 is 19.7 Å². The SMILES string of the molecule is COC(=O)c1ccc(OC(F)F)c(/C=C(\F)B2OC(C)(C)C(C)(C)O2)c1. The summed E-state index contributed by atoms with van der Waals surface area (Å²) in [5.74, 6) is -0.987. The van der Waals surface area contributed by atoms with Gasteiger partial charge < -0.3 is 18.8 Å². The molecule has 9 heteroatoms. The summed E-state index contributed by atoms with van der Waals surface area (Å²) in [6, 6.07) is 3.57. The molecule has 26 heavy (non-hydrogen) atoms. The Bertz CT molecular complexity index is 702. The Labute approximate surface area is 150 Å². The third-order valence-corrected chi connectivity index (χ3v) is 4.42. The van der Waals surface area contributed by atoms with Gasteiger partial charge in [-0.1, -0.05) is 0 Å². The molecule has 0 aliphatic carbocycles. The molecule has 1 aliphatic heterocycles. The third kappa shape index (κ3) is 4.21. The number of hydrogen-bond donors (Lipinski definition) is 0. The van der Waals surface area contributed by atoms with Gasteiger partial charge in [0.15, 0.2) is 0 Å². The molecule has 1 aliphatic rings. The summed E-state index contributed by atoms with van der Waals surface area (Å²) in [4.78, 5) is 11.6. The highest BCUT2D eigenvalue weighted by molar-refractivity contribution is 6.54. The summed E-state index contributed by atoms with van der Waals surface area (Å²) in [5.41, 5.74) is -2.38. The summed E-state index contributed by atoms with van der Waals surface area (Å²) in [6.45, 7) is 3.91. The monoisotopic (exact) mass is 372 g/mol. The second-order valence-electron chi connectivity index (χ2n) is 6.74. The largest absolute Gasteiger partial charge is 0.525 e. The molecule has 142 valence electrons. The number of carbonyl (C=O) groups is 1. The van der Waals surface area contributed by atoms with Gasteiger partial charge in [0.25, 0.3) is 0 Å². The van der Waals surface area contributed by atoms with Gasteiger partial charge in [-0.15, -0.1) is 0 Å². The van der Waals surface area contributed by atoms with Gasteiger partial charge in [-0.05, 0) is 52.0 Å². The Morgan fingerprint density at radius 1 is 1.19 bits per heavy atom. The number of hydrogen-bond acceptors (Lipinski definition) is 5. The minimum Gasteiger partial charge on any atom is -0.465 e. The van der Waals surface area contributed by atoms with Gasteiger partial charge in [0, 0.05) is 5.56 Å². The van der Waals surface area contributed by atoms with Crippen molar-refractivity contribution in [2.75, 3.05) is 7.11 Å². The van der Waals surface area contributed by atoms with E-state index in [1.807, 2.05) is 0 Å². The Kier molecular flexibility index (Phi) is 5.72. The fourth-order valence-electron chi connectivity index (χ4n) is 2.28. The highest BCUT2D eigenvalue weighted by atomic mass is 19.3. The van der Waals surface area contributed by atoms with Crippen LogP contribution in [0.3, 0.4) is 0 Å². The van der Waals surface area contributed by atoms with Crippen molar-refractivity contribution in [2.24, 2.45) is 0 Å². The van der Waals surface area contributed by atoms with E-state index in [4.69, 9.17) is 9.31 Å². The van der Waals surface area contributed by atoms with E-state index in [9.17, 15) is 18.0 Å². The molecule has 0 unspecified atom stereocenters. The molecule has 1 saturated heterocycles. The van der Waals surface area contributed by atoms with Crippen LogP contribution in [0.15, 0.2) is 23.9 Å². The first-order valence-corrected chi connectivity index (χ1v) is 7.87. The Morgan fingerprint density at radius 2 is 1.77 bits per heavy atom. The zero-order valence-electron chi connectivity index (χ0n) is 15.1. The summed E-state index contributed by atoms with van der Waals surface area (Å²) in [6.07, 6.45) is 0.937. The number of rotatable bonds is 5. The van der Waals surface area contributed by atoms with E-state index in [0.717, 1.165) is 12.1 Å². The van der Waals surface area contributed by atoms with Gasteiger partial charge in [0.05, 0.1) is 23.9 Å². The van der Waals surface area contributed by atoms with Crippen molar-refractivity contribution in [3.8, 4) is 5.75 Å². The first-order chi connectivity index (χ1) is 12.0. The van der Waals surface area contributed by atoms with Crippen LogP contribution in [0.1, 0.15) is 43.6 Å². The lowest BCUT2D eigenvalue weighted by molar-refractivity contribution is -0.0499. The topological polar surface area (TPSA) is 54.0 Å². The molecular formula is C17H20BF3O5. The van der Waals surface area contributed by atoms with Crippen LogP contribution < -0.4 is 4.74 Å². The molecule has 1 heterocycles. The smallest absolute Gasteiger partial charge is 0.465 e. The van der Waals surface area contributed by atoms with Gasteiger partial charge in [-0.25, -0.2) is 9.18 Å². The number of ether oxygens (including phenoxy) is 2. The van der Waals surface area contributed by atoms with Crippen LogP contribution in [0.4, 0.5) is 13.2 Å².